The summed E-state index contributed by atoms with van der Waals surface area (Å²) in [6.45, 7) is 4.51. The smallest absolute Gasteiger partial charge is 0.164 e. The van der Waals surface area contributed by atoms with Gasteiger partial charge in [-0.25, -0.2) is 15.0 Å². The van der Waals surface area contributed by atoms with Crippen LogP contribution >= 0.6 is 0 Å². The largest absolute Gasteiger partial charge is 0.456 e. The number of hydrogen-bond donors (Lipinski definition) is 0. The molecule has 0 atom stereocenters. The summed E-state index contributed by atoms with van der Waals surface area (Å²) in [5, 5.41) is 2.16. The number of rotatable bonds is 4. The van der Waals surface area contributed by atoms with Crippen LogP contribution < -0.4 is 0 Å². The Kier molecular flexibility index (Phi) is 5.78. The van der Waals surface area contributed by atoms with Crippen molar-refractivity contribution >= 4 is 21.9 Å². The van der Waals surface area contributed by atoms with Gasteiger partial charge in [0.2, 0.25) is 0 Å². The van der Waals surface area contributed by atoms with Crippen LogP contribution in [-0.2, 0) is 5.41 Å². The first kappa shape index (κ1) is 26.5. The molecule has 0 unspecified atom stereocenters. The Labute approximate surface area is 266 Å². The van der Waals surface area contributed by atoms with Gasteiger partial charge < -0.3 is 4.42 Å². The van der Waals surface area contributed by atoms with Crippen molar-refractivity contribution < 1.29 is 4.42 Å². The highest BCUT2D eigenvalue weighted by atomic mass is 16.3. The lowest BCUT2D eigenvalue weighted by molar-refractivity contribution is 0.659. The monoisotopic (exact) mass is 592 g/mol. The lowest BCUT2D eigenvalue weighted by Crippen LogP contribution is -2.14. The number of furan rings is 1. The van der Waals surface area contributed by atoms with E-state index in [1.165, 1.54) is 11.1 Å². The van der Waals surface area contributed by atoms with Crippen LogP contribution in [0.3, 0.4) is 0 Å². The first-order valence-corrected chi connectivity index (χ1v) is 15.5. The lowest BCUT2D eigenvalue weighted by atomic mass is 9.82. The van der Waals surface area contributed by atoms with Gasteiger partial charge in [-0.1, -0.05) is 111 Å². The van der Waals surface area contributed by atoms with E-state index < -0.39 is 0 Å². The summed E-state index contributed by atoms with van der Waals surface area (Å²) in [7, 11) is 0. The lowest BCUT2D eigenvalue weighted by Gasteiger charge is -2.20. The van der Waals surface area contributed by atoms with Crippen molar-refractivity contribution in [2.24, 2.45) is 0 Å². The van der Waals surface area contributed by atoms with Gasteiger partial charge in [0.25, 0.3) is 0 Å². The molecule has 1 aliphatic rings. The van der Waals surface area contributed by atoms with Crippen molar-refractivity contribution in [2.45, 2.75) is 19.3 Å². The van der Waals surface area contributed by atoms with Gasteiger partial charge in [-0.15, -0.1) is 0 Å². The minimum absolute atomic E-state index is 0.126. The van der Waals surface area contributed by atoms with E-state index in [4.69, 9.17) is 24.4 Å². The van der Waals surface area contributed by atoms with E-state index in [0.717, 1.165) is 61.0 Å². The van der Waals surface area contributed by atoms with Crippen LogP contribution in [0.2, 0.25) is 0 Å². The Hall–Kier alpha value is -5.94. The summed E-state index contributed by atoms with van der Waals surface area (Å²) in [6.07, 6.45) is 1.86. The third-order valence-electron chi connectivity index (χ3n) is 9.19. The van der Waals surface area contributed by atoms with Gasteiger partial charge in [-0.05, 0) is 52.6 Å². The zero-order valence-electron chi connectivity index (χ0n) is 25.4. The molecule has 0 aliphatic heterocycles. The Morgan fingerprint density at radius 1 is 0.500 bits per heavy atom. The van der Waals surface area contributed by atoms with E-state index in [1.54, 1.807) is 0 Å². The summed E-state index contributed by atoms with van der Waals surface area (Å²) in [5.74, 6) is 1.83. The predicted octanol–water partition coefficient (Wildman–Crippen LogP) is 10.1. The fourth-order valence-corrected chi connectivity index (χ4v) is 6.87. The van der Waals surface area contributed by atoms with E-state index >= 15 is 0 Å². The molecule has 0 N–H and O–H groups in total. The van der Waals surface area contributed by atoms with E-state index in [9.17, 15) is 0 Å². The molecule has 9 rings (SSSR count). The van der Waals surface area contributed by atoms with Gasteiger partial charge in [0.05, 0.1) is 5.69 Å². The fourth-order valence-electron chi connectivity index (χ4n) is 6.87. The molecule has 218 valence electrons. The van der Waals surface area contributed by atoms with Crippen LogP contribution in [0.4, 0.5) is 0 Å². The first-order chi connectivity index (χ1) is 22.5. The standard InChI is InChI=1S/C41H28N4O/c1-41(2)32-21-19-27(23-31(32)37-33(41)16-10-22-42-37)39-43-38(26-13-7-4-8-14-26)44-40(45-39)28-18-20-30-35(24-28)46-34-17-9-15-29(36(30)34)25-11-5-3-6-12-25/h3-24H,1-2H3. The molecule has 0 radical (unpaired) electrons. The molecule has 5 nitrogen and oxygen atoms in total. The van der Waals surface area contributed by atoms with E-state index in [1.807, 2.05) is 66.9 Å². The van der Waals surface area contributed by atoms with Gasteiger partial charge in [0.15, 0.2) is 17.5 Å². The number of pyridine rings is 1. The molecule has 0 saturated heterocycles. The number of hydrogen-bond acceptors (Lipinski definition) is 5. The van der Waals surface area contributed by atoms with E-state index in [2.05, 4.69) is 80.6 Å². The highest BCUT2D eigenvalue weighted by molar-refractivity contribution is 6.13. The minimum Gasteiger partial charge on any atom is -0.456 e. The van der Waals surface area contributed by atoms with Crippen LogP contribution in [0.25, 0.3) is 78.5 Å². The van der Waals surface area contributed by atoms with Gasteiger partial charge in [0.1, 0.15) is 11.2 Å². The maximum Gasteiger partial charge on any atom is 0.164 e. The van der Waals surface area contributed by atoms with Gasteiger partial charge in [-0.3, -0.25) is 4.98 Å². The van der Waals surface area contributed by atoms with Crippen molar-refractivity contribution in [2.75, 3.05) is 0 Å². The number of benzene rings is 5. The Morgan fingerprint density at radius 3 is 1.93 bits per heavy atom. The second-order valence-electron chi connectivity index (χ2n) is 12.3. The molecule has 5 aromatic carbocycles. The molecular weight excluding hydrogens is 564 g/mol. The van der Waals surface area contributed by atoms with Crippen molar-refractivity contribution in [3.63, 3.8) is 0 Å². The van der Waals surface area contributed by atoms with Crippen LogP contribution in [0.5, 0.6) is 0 Å². The number of fused-ring (bicyclic) bond motifs is 6. The molecule has 46 heavy (non-hydrogen) atoms. The molecule has 3 heterocycles. The molecule has 0 saturated carbocycles. The molecule has 1 aliphatic carbocycles. The zero-order valence-corrected chi connectivity index (χ0v) is 25.4. The zero-order chi connectivity index (χ0) is 30.8. The first-order valence-electron chi connectivity index (χ1n) is 15.5. The van der Waals surface area contributed by atoms with Crippen LogP contribution in [0.15, 0.2) is 138 Å². The van der Waals surface area contributed by atoms with Gasteiger partial charge in [0, 0.05) is 44.6 Å². The molecular formula is C41H28N4O. The van der Waals surface area contributed by atoms with E-state index in [-0.39, 0.29) is 5.41 Å². The Bertz CT molecular complexity index is 2450. The van der Waals surface area contributed by atoms with E-state index in [0.29, 0.717) is 17.5 Å². The molecule has 3 aromatic heterocycles. The second kappa shape index (κ2) is 10.0. The summed E-state index contributed by atoms with van der Waals surface area (Å²) in [6, 6.07) is 43.6. The Morgan fingerprint density at radius 2 is 1.17 bits per heavy atom. The third kappa shape index (κ3) is 4.09. The average Bonchev–Trinajstić information content (AvgIpc) is 3.60. The fraction of sp³-hybridized carbons (Fsp3) is 0.0732. The maximum absolute atomic E-state index is 6.43. The number of nitrogens with zero attached hydrogens (tertiary/aromatic N) is 4. The second-order valence-corrected chi connectivity index (χ2v) is 12.3. The summed E-state index contributed by atoms with van der Waals surface area (Å²) in [4.78, 5) is 19.8. The molecule has 8 aromatic rings. The van der Waals surface area contributed by atoms with Crippen molar-refractivity contribution in [3.05, 3.63) is 145 Å². The topological polar surface area (TPSA) is 64.7 Å². The maximum atomic E-state index is 6.43. The van der Waals surface area contributed by atoms with Crippen LogP contribution in [-0.4, -0.2) is 19.9 Å². The highest BCUT2D eigenvalue weighted by Gasteiger charge is 2.36. The van der Waals surface area contributed by atoms with Gasteiger partial charge >= 0.3 is 0 Å². The van der Waals surface area contributed by atoms with Crippen LogP contribution in [0, 0.1) is 0 Å². The molecule has 0 amide bonds. The summed E-state index contributed by atoms with van der Waals surface area (Å²) >= 11 is 0. The summed E-state index contributed by atoms with van der Waals surface area (Å²) in [5.41, 5.74) is 11.2. The minimum atomic E-state index is -0.126. The highest BCUT2D eigenvalue weighted by Crippen LogP contribution is 2.48. The number of aromatic nitrogens is 4. The predicted molar refractivity (Wildman–Crippen MR) is 184 cm³/mol. The van der Waals surface area contributed by atoms with Gasteiger partial charge in [-0.2, -0.15) is 0 Å². The SMILES string of the molecule is CC1(C)c2ccc(-c3nc(-c4ccccc4)nc(-c4ccc5c(c4)oc4cccc(-c6ccccc6)c45)n3)cc2-c2ncccc21. The van der Waals surface area contributed by atoms with Crippen molar-refractivity contribution in [3.8, 4) is 56.5 Å². The van der Waals surface area contributed by atoms with Crippen molar-refractivity contribution in [1.82, 2.24) is 19.9 Å². The molecule has 0 fully saturated rings. The quantitative estimate of drug-likeness (QED) is 0.203. The summed E-state index contributed by atoms with van der Waals surface area (Å²) < 4.78 is 6.43. The van der Waals surface area contributed by atoms with Crippen molar-refractivity contribution in [1.29, 1.82) is 0 Å². The molecule has 0 bridgehead atoms. The Balaban J connectivity index is 1.21. The normalized spacial score (nSPS) is 13.2. The molecule has 0 spiro atoms. The molecule has 5 heteroatoms. The third-order valence-corrected chi connectivity index (χ3v) is 9.19. The average molecular weight is 593 g/mol. The van der Waals surface area contributed by atoms with Crippen LogP contribution in [0.1, 0.15) is 25.0 Å².